The fourth-order valence-corrected chi connectivity index (χ4v) is 3.32. The molecule has 0 spiro atoms. The number of ether oxygens (including phenoxy) is 1. The number of hydrogen-bond acceptors (Lipinski definition) is 4. The van der Waals surface area contributed by atoms with E-state index in [9.17, 15) is 0 Å². The number of hydrogen-bond donors (Lipinski definition) is 1. The largest absolute Gasteiger partial charge is 0.483 e. The standard InChI is InChI=1S/C14H16ClNOS2/c1-9(16)14(12-7-8-13(15)19-12)17-10-3-5-11(18-2)6-4-10/h3-9,14H,16H2,1-2H3. The van der Waals surface area contributed by atoms with Gasteiger partial charge in [-0.2, -0.15) is 0 Å². The average Bonchev–Trinajstić information content (AvgIpc) is 2.82. The fraction of sp³-hybridized carbons (Fsp3) is 0.286. The highest BCUT2D eigenvalue weighted by molar-refractivity contribution is 7.98. The van der Waals surface area contributed by atoms with Crippen LogP contribution < -0.4 is 10.5 Å². The van der Waals surface area contributed by atoms with Crippen molar-refractivity contribution in [2.45, 2.75) is 24.0 Å². The topological polar surface area (TPSA) is 35.2 Å². The van der Waals surface area contributed by atoms with E-state index < -0.39 is 0 Å². The van der Waals surface area contributed by atoms with E-state index in [2.05, 4.69) is 0 Å². The lowest BCUT2D eigenvalue weighted by molar-refractivity contribution is 0.184. The molecule has 2 rings (SSSR count). The number of nitrogens with two attached hydrogens (primary N) is 1. The second-order valence-electron chi connectivity index (χ2n) is 4.21. The van der Waals surface area contributed by atoms with Gasteiger partial charge in [-0.3, -0.25) is 0 Å². The molecule has 0 bridgehead atoms. The van der Waals surface area contributed by atoms with Gasteiger partial charge in [0.2, 0.25) is 0 Å². The molecule has 2 nitrogen and oxygen atoms in total. The Labute approximate surface area is 126 Å². The molecule has 0 fully saturated rings. The molecule has 0 aliphatic heterocycles. The summed E-state index contributed by atoms with van der Waals surface area (Å²) in [5.41, 5.74) is 6.02. The minimum absolute atomic E-state index is 0.102. The van der Waals surface area contributed by atoms with Crippen molar-refractivity contribution in [2.75, 3.05) is 6.26 Å². The van der Waals surface area contributed by atoms with Gasteiger partial charge in [-0.1, -0.05) is 11.6 Å². The second-order valence-corrected chi connectivity index (χ2v) is 6.84. The summed E-state index contributed by atoms with van der Waals surface area (Å²) in [6.07, 6.45) is 1.88. The molecule has 1 aromatic carbocycles. The zero-order chi connectivity index (χ0) is 13.8. The maximum absolute atomic E-state index is 6.02. The smallest absolute Gasteiger partial charge is 0.148 e. The second kappa shape index (κ2) is 6.66. The molecule has 0 radical (unpaired) electrons. The van der Waals surface area contributed by atoms with Gasteiger partial charge in [0.15, 0.2) is 0 Å². The summed E-state index contributed by atoms with van der Waals surface area (Å²) < 4.78 is 6.74. The van der Waals surface area contributed by atoms with Crippen LogP contribution in [0, 0.1) is 0 Å². The number of rotatable bonds is 5. The third-order valence-electron chi connectivity index (χ3n) is 2.67. The first-order valence-corrected chi connectivity index (χ1v) is 8.33. The van der Waals surface area contributed by atoms with Gasteiger partial charge in [0.1, 0.15) is 11.9 Å². The summed E-state index contributed by atoms with van der Waals surface area (Å²) in [7, 11) is 0. The summed E-state index contributed by atoms with van der Waals surface area (Å²) in [5, 5.41) is 0. The van der Waals surface area contributed by atoms with Gasteiger partial charge in [0.05, 0.1) is 4.34 Å². The van der Waals surface area contributed by atoms with Crippen molar-refractivity contribution < 1.29 is 4.74 Å². The first-order valence-electron chi connectivity index (χ1n) is 5.91. The highest BCUT2D eigenvalue weighted by atomic mass is 35.5. The van der Waals surface area contributed by atoms with E-state index in [1.807, 2.05) is 49.6 Å². The molecule has 2 N–H and O–H groups in total. The molecule has 102 valence electrons. The molecule has 1 aromatic heterocycles. The number of thiophene rings is 1. The molecule has 5 heteroatoms. The van der Waals surface area contributed by atoms with Gasteiger partial charge in [0, 0.05) is 15.8 Å². The van der Waals surface area contributed by atoms with Crippen LogP contribution in [0.4, 0.5) is 0 Å². The lowest BCUT2D eigenvalue weighted by Gasteiger charge is -2.21. The van der Waals surface area contributed by atoms with E-state index in [1.54, 1.807) is 11.8 Å². The molecule has 0 amide bonds. The van der Waals surface area contributed by atoms with Crippen molar-refractivity contribution in [1.82, 2.24) is 0 Å². The van der Waals surface area contributed by atoms with Crippen LogP contribution in [-0.2, 0) is 0 Å². The van der Waals surface area contributed by atoms with Crippen LogP contribution in [-0.4, -0.2) is 12.3 Å². The summed E-state index contributed by atoms with van der Waals surface area (Å²) >= 11 is 9.19. The van der Waals surface area contributed by atoms with Crippen molar-refractivity contribution in [1.29, 1.82) is 0 Å². The number of benzene rings is 1. The van der Waals surface area contributed by atoms with Crippen LogP contribution in [0.2, 0.25) is 4.34 Å². The molecule has 0 saturated heterocycles. The SMILES string of the molecule is CSc1ccc(OC(c2ccc(Cl)s2)C(C)N)cc1. The van der Waals surface area contributed by atoms with Crippen LogP contribution in [0.15, 0.2) is 41.3 Å². The van der Waals surface area contributed by atoms with Crippen LogP contribution in [0.5, 0.6) is 5.75 Å². The normalized spacial score (nSPS) is 14.1. The Kier molecular flexibility index (Phi) is 5.16. The average molecular weight is 314 g/mol. The zero-order valence-electron chi connectivity index (χ0n) is 10.8. The van der Waals surface area contributed by atoms with Gasteiger partial charge in [0.25, 0.3) is 0 Å². The predicted octanol–water partition coefficient (Wildman–Crippen LogP) is 4.59. The third kappa shape index (κ3) is 3.89. The van der Waals surface area contributed by atoms with Crippen LogP contribution in [0.1, 0.15) is 17.9 Å². The van der Waals surface area contributed by atoms with E-state index in [0.29, 0.717) is 0 Å². The first-order chi connectivity index (χ1) is 9.10. The van der Waals surface area contributed by atoms with E-state index >= 15 is 0 Å². The maximum atomic E-state index is 6.02. The third-order valence-corrected chi connectivity index (χ3v) is 4.71. The summed E-state index contributed by atoms with van der Waals surface area (Å²) in [6.45, 7) is 1.94. The molecule has 19 heavy (non-hydrogen) atoms. The van der Waals surface area contributed by atoms with Gasteiger partial charge in [-0.25, -0.2) is 0 Å². The fourth-order valence-electron chi connectivity index (χ4n) is 1.71. The van der Waals surface area contributed by atoms with E-state index in [4.69, 9.17) is 22.1 Å². The Morgan fingerprint density at radius 3 is 2.37 bits per heavy atom. The van der Waals surface area contributed by atoms with E-state index in [0.717, 1.165) is 15.0 Å². The number of halogens is 1. The highest BCUT2D eigenvalue weighted by Gasteiger charge is 2.20. The monoisotopic (exact) mass is 313 g/mol. The molecule has 2 aromatic rings. The van der Waals surface area contributed by atoms with Crippen molar-refractivity contribution in [2.24, 2.45) is 5.73 Å². The number of thioether (sulfide) groups is 1. The maximum Gasteiger partial charge on any atom is 0.148 e. The molecule has 0 saturated carbocycles. The Bertz CT molecular complexity index is 524. The molecule has 2 atom stereocenters. The quantitative estimate of drug-likeness (QED) is 0.820. The van der Waals surface area contributed by atoms with Crippen LogP contribution in [0.3, 0.4) is 0 Å². The molecular weight excluding hydrogens is 298 g/mol. The summed E-state index contributed by atoms with van der Waals surface area (Å²) in [4.78, 5) is 2.26. The van der Waals surface area contributed by atoms with Crippen LogP contribution >= 0.6 is 34.7 Å². The summed E-state index contributed by atoms with van der Waals surface area (Å²) in [5.74, 6) is 0.824. The van der Waals surface area contributed by atoms with Gasteiger partial charge >= 0.3 is 0 Å². The lowest BCUT2D eigenvalue weighted by Crippen LogP contribution is -2.28. The minimum Gasteiger partial charge on any atom is -0.483 e. The van der Waals surface area contributed by atoms with Crippen molar-refractivity contribution in [3.8, 4) is 5.75 Å². The Balaban J connectivity index is 2.16. The van der Waals surface area contributed by atoms with Crippen molar-refractivity contribution >= 4 is 34.7 Å². The Hall–Kier alpha value is -0.680. The Morgan fingerprint density at radius 1 is 1.21 bits per heavy atom. The van der Waals surface area contributed by atoms with E-state index in [1.165, 1.54) is 16.2 Å². The van der Waals surface area contributed by atoms with Crippen molar-refractivity contribution in [3.63, 3.8) is 0 Å². The molecule has 0 aliphatic carbocycles. The lowest BCUT2D eigenvalue weighted by atomic mass is 10.1. The van der Waals surface area contributed by atoms with Crippen LogP contribution in [0.25, 0.3) is 0 Å². The molecular formula is C14H16ClNOS2. The van der Waals surface area contributed by atoms with Gasteiger partial charge < -0.3 is 10.5 Å². The first kappa shape index (κ1) is 14.7. The minimum atomic E-state index is -0.169. The van der Waals surface area contributed by atoms with Crippen molar-refractivity contribution in [3.05, 3.63) is 45.6 Å². The highest BCUT2D eigenvalue weighted by Crippen LogP contribution is 2.32. The molecule has 1 heterocycles. The molecule has 0 aliphatic rings. The predicted molar refractivity (Wildman–Crippen MR) is 84.6 cm³/mol. The summed E-state index contributed by atoms with van der Waals surface area (Å²) in [6, 6.07) is 11.8. The van der Waals surface area contributed by atoms with Gasteiger partial charge in [-0.05, 0) is 49.6 Å². The Morgan fingerprint density at radius 2 is 1.89 bits per heavy atom. The molecule has 2 unspecified atom stereocenters. The van der Waals surface area contributed by atoms with Gasteiger partial charge in [-0.15, -0.1) is 23.1 Å². The van der Waals surface area contributed by atoms with E-state index in [-0.39, 0.29) is 12.1 Å². The zero-order valence-corrected chi connectivity index (χ0v) is 13.2.